The third kappa shape index (κ3) is 34.6. The van der Waals surface area contributed by atoms with Crippen LogP contribution >= 0.6 is 0 Å². The summed E-state index contributed by atoms with van der Waals surface area (Å²) in [5.41, 5.74) is 48.4. The fourth-order valence-electron chi connectivity index (χ4n) is 15.3. The molecular weight excluding hydrogens is 1810 g/mol. The van der Waals surface area contributed by atoms with Crippen molar-refractivity contribution in [3.8, 4) is 28.7 Å². The fraction of sp³-hybridized carbons (Fsp3) is 0.434. The van der Waals surface area contributed by atoms with Gasteiger partial charge in [-0.05, 0) is 171 Å². The number of carboxylic acids is 3. The Morgan fingerprint density at radius 2 is 0.606 bits per heavy atom. The monoisotopic (exact) mass is 1950 g/mol. The lowest BCUT2D eigenvalue weighted by Gasteiger charge is -2.16. The van der Waals surface area contributed by atoms with Crippen LogP contribution < -0.4 is 78.9 Å². The minimum atomic E-state index is -1.02. The second-order valence-corrected chi connectivity index (χ2v) is 33.6. The molecule has 0 amide bonds. The number of nitrogen functional groups attached to an aromatic ring is 5. The predicted octanol–water partition coefficient (Wildman–Crippen LogP) is 12.8. The first-order valence-electron chi connectivity index (χ1n) is 47.5. The summed E-state index contributed by atoms with van der Waals surface area (Å²) in [4.78, 5) is 77.1. The summed E-state index contributed by atoms with van der Waals surface area (Å²) in [7, 11) is 8.22. The molecule has 0 spiro atoms. The maximum Gasteiger partial charge on any atom is 0.327 e. The Labute approximate surface area is 827 Å². The number of benzene rings is 5. The lowest BCUT2D eigenvalue weighted by atomic mass is 9.99. The lowest BCUT2D eigenvalue weighted by molar-refractivity contribution is -0.138. The molecule has 13 aromatic rings. The van der Waals surface area contributed by atoms with Crippen LogP contribution in [0.2, 0.25) is 0 Å². The highest BCUT2D eigenvalue weighted by atomic mass is 16.5. The van der Waals surface area contributed by atoms with Crippen molar-refractivity contribution in [2.75, 3.05) is 124 Å². The van der Waals surface area contributed by atoms with Crippen molar-refractivity contribution in [1.82, 2.24) is 111 Å². The lowest BCUT2D eigenvalue weighted by Crippen LogP contribution is -2.12. The summed E-state index contributed by atoms with van der Waals surface area (Å²) in [6, 6.07) is 29.6. The molecule has 758 valence electrons. The van der Waals surface area contributed by atoms with E-state index in [1.807, 2.05) is 113 Å². The van der Waals surface area contributed by atoms with Crippen LogP contribution in [0.1, 0.15) is 241 Å². The van der Waals surface area contributed by atoms with E-state index in [9.17, 15) is 14.4 Å². The van der Waals surface area contributed by atoms with Gasteiger partial charge in [-0.3, -0.25) is 14.4 Å². The van der Waals surface area contributed by atoms with Crippen molar-refractivity contribution < 1.29 is 53.4 Å². The first-order valence-corrected chi connectivity index (χ1v) is 47.5. The van der Waals surface area contributed by atoms with E-state index in [2.05, 4.69) is 180 Å². The summed E-state index contributed by atoms with van der Waals surface area (Å²) >= 11 is 0. The third-order valence-corrected chi connectivity index (χ3v) is 22.7. The largest absolute Gasteiger partial charge is 0.496 e. The zero-order chi connectivity index (χ0) is 103. The molecule has 0 atom stereocenters. The minimum absolute atomic E-state index is 0.0961. The van der Waals surface area contributed by atoms with Crippen LogP contribution in [0.25, 0.3) is 0 Å². The number of H-pyrrole nitrogens is 2. The number of unbranched alkanes of at least 4 members (excludes halogenated alkanes) is 5. The maximum atomic E-state index is 10.9. The number of methoxy groups -OCH3 is 5. The van der Waals surface area contributed by atoms with Crippen molar-refractivity contribution in [2.24, 2.45) is 0 Å². The highest BCUT2D eigenvalue weighted by molar-refractivity contribution is 5.68. The zero-order valence-electron chi connectivity index (χ0n) is 83.9. The molecule has 0 radical (unpaired) electrons. The molecule has 0 fully saturated rings. The van der Waals surface area contributed by atoms with E-state index >= 15 is 0 Å². The molecule has 0 aliphatic heterocycles. The maximum absolute atomic E-state index is 10.9. The van der Waals surface area contributed by atoms with Crippen LogP contribution in [0.3, 0.4) is 0 Å². The number of aryl methyl sites for hydroxylation is 7. The number of nitrogens with one attached hydrogen (secondary N) is 7. The molecule has 0 unspecified atom stereocenters. The SMILES string of the molecule is CCCCNc1nc(N)nc(C)c1Cc1cc(CCC(=O)O)ccc1OC.CCCCNc1nc(N)nc(C)c1Cc1cc(Cc2nn[nH]n2)ccc1OC.CCCCNc1nc(N)nc(C)c1Cc1cc(Cc2nnn(CC(=O)O)n2)ccc1OC.CCCCNc1nc(N)nc(C)c1Cc1ccc(CCC(=O)O)cc1OC.CCCCNc1nc(N)nc(C)c1Cc1ccc(Cc2nn[nH]n2)cc1OC. The number of carbonyl (C=O) groups is 3. The Morgan fingerprint density at radius 3 is 0.901 bits per heavy atom. The smallest absolute Gasteiger partial charge is 0.327 e. The van der Waals surface area contributed by atoms with E-state index in [-0.39, 0.29) is 49.1 Å². The Hall–Kier alpha value is -15.9. The standard InChI is InChI=1S/C21H28N8O3.2C20H28N4O3.2C19H26N8O/c1-4-5-8-23-20-16(13(2)24-21(22)25-20)11-15-9-14(6-7-17(15)32-3)10-18-26-28-29(27-18)12-19(30)31;1-4-5-10-22-19-16(13(2)23-20(21)24-19)12-15-11-14(7-9-18(25)26)6-8-17(15)27-3;1-4-5-10-22-19-16(13(2)23-20(21)24-19)12-15-8-6-14(7-9-18(25)26)11-17(15)27-3;1-4-5-8-21-18-15(12(2)22-19(20)23-18)11-14-9-13(6-7-16(14)28-3)10-17-24-26-27-25-17;1-4-5-8-21-18-15(12(2)22-19(20)23-18)11-14-7-6-13(9-16(14)28-3)10-17-24-26-27-25-17/h6-7,9H,4-5,8,10-12H2,1-3H3,(H,30,31)(H3,22,23,24,25);2*6,8,11H,4-5,7,9-10,12H2,1-3H3,(H,25,26)(H3,21,22,23,24);2*6-7,9H,4-5,8,10-11H2,1-3H3,(H3,20,21,22,23)(H,24,25,26,27). The number of anilines is 10. The summed E-state index contributed by atoms with van der Waals surface area (Å²) in [5, 5.41) is 83.6. The van der Waals surface area contributed by atoms with Gasteiger partial charge in [-0.15, -0.1) is 30.6 Å². The summed E-state index contributed by atoms with van der Waals surface area (Å²) < 4.78 is 27.8. The van der Waals surface area contributed by atoms with Crippen LogP contribution in [-0.4, -0.2) is 213 Å². The van der Waals surface area contributed by atoms with Crippen molar-refractivity contribution in [3.05, 3.63) is 220 Å². The van der Waals surface area contributed by atoms with E-state index in [1.165, 1.54) is 0 Å². The number of ether oxygens (including phenoxy) is 5. The number of aromatic amines is 2. The van der Waals surface area contributed by atoms with Gasteiger partial charge in [0.25, 0.3) is 0 Å². The van der Waals surface area contributed by atoms with Crippen LogP contribution in [0.4, 0.5) is 58.8 Å². The van der Waals surface area contributed by atoms with Crippen molar-refractivity contribution in [1.29, 1.82) is 0 Å². The number of carboxylic acid groups (broad SMARTS) is 3. The number of nitrogens with zero attached hydrogens (tertiary/aromatic N) is 20. The average Bonchev–Trinajstić information content (AvgIpc) is 1.78. The molecule has 5 aromatic carbocycles. The van der Waals surface area contributed by atoms with Gasteiger partial charge in [-0.2, -0.15) is 40.1 Å². The fourth-order valence-corrected chi connectivity index (χ4v) is 15.3. The van der Waals surface area contributed by atoms with E-state index < -0.39 is 17.9 Å². The molecule has 13 rings (SSSR count). The molecule has 8 aromatic heterocycles. The average molecular weight is 1950 g/mol. The van der Waals surface area contributed by atoms with Gasteiger partial charge in [0.05, 0.1) is 35.5 Å². The molecule has 142 heavy (non-hydrogen) atoms. The highest BCUT2D eigenvalue weighted by Gasteiger charge is 2.23. The van der Waals surface area contributed by atoms with Gasteiger partial charge >= 0.3 is 17.9 Å². The second kappa shape index (κ2) is 56.9. The van der Waals surface area contributed by atoms with Crippen molar-refractivity contribution in [2.45, 2.75) is 217 Å². The number of hydrogen-bond acceptors (Lipinski definition) is 37. The van der Waals surface area contributed by atoms with E-state index in [4.69, 9.17) is 67.7 Å². The molecule has 0 aliphatic rings. The zero-order valence-corrected chi connectivity index (χ0v) is 83.9. The van der Waals surface area contributed by atoms with E-state index in [0.717, 1.165) is 271 Å². The van der Waals surface area contributed by atoms with Gasteiger partial charge < -0.3 is 94.3 Å². The first-order chi connectivity index (χ1) is 68.5. The van der Waals surface area contributed by atoms with Gasteiger partial charge in [-0.25, -0.2) is 24.9 Å². The molecule has 0 aliphatic carbocycles. The van der Waals surface area contributed by atoms with E-state index in [0.29, 0.717) is 81.7 Å². The molecule has 43 nitrogen and oxygen atoms in total. The number of tetrazole rings is 3. The molecule has 8 heterocycles. The second-order valence-electron chi connectivity index (χ2n) is 33.6. The van der Waals surface area contributed by atoms with Crippen molar-refractivity contribution in [3.63, 3.8) is 0 Å². The van der Waals surface area contributed by atoms with Crippen LogP contribution in [0, 0.1) is 34.6 Å². The summed E-state index contributed by atoms with van der Waals surface area (Å²) in [6.07, 6.45) is 16.4. The summed E-state index contributed by atoms with van der Waals surface area (Å²) in [6.45, 7) is 24.2. The summed E-state index contributed by atoms with van der Waals surface area (Å²) in [5.74, 6) is 8.02. The molecule has 0 saturated heterocycles. The van der Waals surface area contributed by atoms with Gasteiger partial charge in [0.15, 0.2) is 24.0 Å². The number of nitrogens with two attached hydrogens (primary N) is 5. The van der Waals surface area contributed by atoms with Crippen molar-refractivity contribution >= 4 is 76.7 Å². The Balaban J connectivity index is 0.000000198. The molecule has 20 N–H and O–H groups in total. The van der Waals surface area contributed by atoms with Crippen LogP contribution in [0.15, 0.2) is 91.0 Å². The molecule has 43 heteroatoms. The van der Waals surface area contributed by atoms with Gasteiger partial charge in [0.2, 0.25) is 29.7 Å². The minimum Gasteiger partial charge on any atom is -0.496 e. The Bertz CT molecular complexity index is 6210. The number of rotatable bonds is 49. The molecular formula is C99H136N32O11. The predicted molar refractivity (Wildman–Crippen MR) is 546 cm³/mol. The first kappa shape index (κ1) is 110. The topological polar surface area (TPSA) is 630 Å². The molecule has 0 saturated carbocycles. The van der Waals surface area contributed by atoms with Gasteiger partial charge in [-0.1, -0.05) is 138 Å². The van der Waals surface area contributed by atoms with E-state index in [1.54, 1.807) is 35.5 Å². The highest BCUT2D eigenvalue weighted by Crippen LogP contribution is 2.35. The number of aliphatic carboxylic acids is 3. The Morgan fingerprint density at radius 1 is 0.331 bits per heavy atom. The van der Waals surface area contributed by atoms with Gasteiger partial charge in [0, 0.05) is 153 Å². The van der Waals surface area contributed by atoms with Gasteiger partial charge in [0.1, 0.15) is 57.8 Å². The van der Waals surface area contributed by atoms with Crippen LogP contribution in [0.5, 0.6) is 28.7 Å². The van der Waals surface area contributed by atoms with Crippen LogP contribution in [-0.2, 0) is 85.1 Å². The number of aromatic nitrogens is 22. The Kier molecular flexibility index (Phi) is 44.0. The molecule has 0 bridgehead atoms. The quantitative estimate of drug-likeness (QED) is 0.0157. The third-order valence-electron chi connectivity index (χ3n) is 22.7. The normalized spacial score (nSPS) is 10.8. The number of hydrogen-bond donors (Lipinski definition) is 15.